The molecule has 510 valence electrons. The van der Waals surface area contributed by atoms with Crippen molar-refractivity contribution < 1.29 is 55.7 Å². The Morgan fingerprint density at radius 2 is 1.06 bits per heavy atom. The molecular formula is C70H83Cl2FN11O11P. The zero-order chi connectivity index (χ0) is 67.8. The first kappa shape index (κ1) is 70.2. The number of nitriles is 3. The summed E-state index contributed by atoms with van der Waals surface area (Å²) in [5.41, 5.74) is 11.6. The third-order valence-corrected chi connectivity index (χ3v) is 20.4. The topological polar surface area (TPSA) is 293 Å². The van der Waals surface area contributed by atoms with Gasteiger partial charge >= 0.3 is 7.82 Å². The average Bonchev–Trinajstić information content (AvgIpc) is 1.57. The molecule has 4 fully saturated rings. The van der Waals surface area contributed by atoms with Crippen LogP contribution in [0.1, 0.15) is 190 Å². The van der Waals surface area contributed by atoms with Crippen molar-refractivity contribution in [1.82, 2.24) is 29.2 Å². The summed E-state index contributed by atoms with van der Waals surface area (Å²) in [5, 5.41) is 40.8. The minimum atomic E-state index is -5.04. The van der Waals surface area contributed by atoms with Gasteiger partial charge in [-0.3, -0.25) is 4.52 Å². The monoisotopic (exact) mass is 1370 g/mol. The zero-order valence-corrected chi connectivity index (χ0v) is 57.2. The largest absolute Gasteiger partial charge is 0.587 e. The number of fused-ring (bicyclic) bond motifs is 4. The predicted molar refractivity (Wildman–Crippen MR) is 356 cm³/mol. The third-order valence-electron chi connectivity index (χ3n) is 18.3. The number of halogens is 3. The van der Waals surface area contributed by atoms with E-state index in [1.54, 1.807) is 85.3 Å². The van der Waals surface area contributed by atoms with E-state index in [0.29, 0.717) is 46.4 Å². The predicted octanol–water partition coefficient (Wildman–Crippen LogP) is 15.5. The van der Waals surface area contributed by atoms with E-state index in [-0.39, 0.29) is 57.3 Å². The number of nitrogen functional groups attached to an aromatic ring is 2. The van der Waals surface area contributed by atoms with Crippen molar-refractivity contribution in [1.29, 1.82) is 15.8 Å². The van der Waals surface area contributed by atoms with Gasteiger partial charge in [-0.15, -0.1) is 0 Å². The van der Waals surface area contributed by atoms with Crippen molar-refractivity contribution in [3.8, 4) is 35.5 Å². The van der Waals surface area contributed by atoms with Crippen LogP contribution in [0.5, 0.6) is 17.2 Å². The molecule has 7 aromatic rings. The second-order valence-corrected chi connectivity index (χ2v) is 28.5. The van der Waals surface area contributed by atoms with E-state index in [9.17, 15) is 15.8 Å². The van der Waals surface area contributed by atoms with Crippen molar-refractivity contribution in [2.45, 2.75) is 229 Å². The van der Waals surface area contributed by atoms with E-state index in [1.807, 2.05) is 6.07 Å². The van der Waals surface area contributed by atoms with Crippen LogP contribution in [-0.4, -0.2) is 89.1 Å². The second kappa shape index (κ2) is 30.3. The minimum Gasteiger partial charge on any atom is -0.488 e. The van der Waals surface area contributed by atoms with Gasteiger partial charge in [-0.25, -0.2) is 28.0 Å². The second-order valence-electron chi connectivity index (χ2n) is 26.2. The summed E-state index contributed by atoms with van der Waals surface area (Å²) in [6.45, 7) is 8.80. The SMILES string of the molecule is CCCCCCCCCCCCCCCCCCC[C@H](COP(=O)(Oc1cccc(C[C@]2(C#N)O[C@@H](c3ccc4c(N)ncnn34)C3OC(C)(C)OC32)c1Cl)Oc1cccc(C[C@]2(C#N)O[C@@H](c3ccc4c(N)ncnn34)C3OC(C)(C)OC32)c1Cl)Oc1ccc(C#N)c(F)c1. The Hall–Kier alpha value is -7.17. The third kappa shape index (κ3) is 15.5. The number of anilines is 2. The van der Waals surface area contributed by atoms with Gasteiger partial charge in [0.25, 0.3) is 0 Å². The van der Waals surface area contributed by atoms with Crippen molar-refractivity contribution in [2.75, 3.05) is 18.1 Å². The van der Waals surface area contributed by atoms with Crippen LogP contribution in [0.4, 0.5) is 16.0 Å². The molecule has 0 saturated carbocycles. The van der Waals surface area contributed by atoms with E-state index in [1.165, 1.54) is 114 Å². The molecule has 4 unspecified atom stereocenters. The number of benzene rings is 3. The molecule has 4 aliphatic rings. The normalized spacial score (nSPS) is 24.1. The van der Waals surface area contributed by atoms with Gasteiger partial charge < -0.3 is 53.7 Å². The van der Waals surface area contributed by atoms with Crippen LogP contribution < -0.4 is 25.3 Å². The molecule has 4 N–H and O–H groups in total. The van der Waals surface area contributed by atoms with Gasteiger partial charge in [0.1, 0.15) is 96.2 Å². The zero-order valence-electron chi connectivity index (χ0n) is 54.8. The molecule has 0 spiro atoms. The molecule has 4 aromatic heterocycles. The van der Waals surface area contributed by atoms with Gasteiger partial charge in [0.2, 0.25) is 0 Å². The van der Waals surface area contributed by atoms with Crippen molar-refractivity contribution in [2.24, 2.45) is 0 Å². The van der Waals surface area contributed by atoms with Crippen LogP contribution in [0, 0.1) is 39.8 Å². The number of ether oxygens (including phenoxy) is 7. The summed E-state index contributed by atoms with van der Waals surface area (Å²) in [6, 6.07) is 27.0. The van der Waals surface area contributed by atoms with E-state index in [4.69, 9.17) is 81.4 Å². The Bertz CT molecular complexity index is 3870. The Kier molecular flexibility index (Phi) is 22.1. The fraction of sp³-hybridized carbons (Fsp3) is 0.529. The van der Waals surface area contributed by atoms with Gasteiger partial charge in [-0.2, -0.15) is 26.0 Å². The van der Waals surface area contributed by atoms with Gasteiger partial charge in [0, 0.05) is 18.9 Å². The maximum atomic E-state index is 16.0. The molecule has 9 atom stereocenters. The van der Waals surface area contributed by atoms with Crippen molar-refractivity contribution in [3.05, 3.63) is 135 Å². The molecule has 4 aliphatic heterocycles. The molecule has 0 bridgehead atoms. The van der Waals surface area contributed by atoms with Gasteiger partial charge in [0.15, 0.2) is 45.9 Å². The summed E-state index contributed by atoms with van der Waals surface area (Å²) in [4.78, 5) is 8.25. The first-order valence-electron chi connectivity index (χ1n) is 33.3. The fourth-order valence-electron chi connectivity index (χ4n) is 13.5. The van der Waals surface area contributed by atoms with Crippen LogP contribution in [0.3, 0.4) is 0 Å². The van der Waals surface area contributed by atoms with Crippen LogP contribution in [0.15, 0.2) is 91.5 Å². The van der Waals surface area contributed by atoms with Crippen LogP contribution in [0.25, 0.3) is 11.0 Å². The maximum Gasteiger partial charge on any atom is 0.587 e. The molecule has 0 aliphatic carbocycles. The Labute approximate surface area is 569 Å². The highest BCUT2D eigenvalue weighted by molar-refractivity contribution is 7.49. The standard InChI is InChI=1S/C70H83Cl2FN11O11P/c1-6-7-8-9-10-11-12-13-14-15-16-17-18-19-20-21-22-27-49(87-48-31-30-47(39-74)50(73)36-48)40-86-96(85,94-55-28-23-25-45(57(55)71)37-69(41-75)63-61(88-67(2,3)92-63)59(90-69)51-32-34-53-65(77)79-43-81-83(51)53)95-56-29-24-26-46(58(56)72)38-70(42-76)64-62(89-68(4,5)93-64)60(91-70)52-33-35-54-66(78)80-44-82-84(52)54/h23-26,28-36,43-44,49,59-64H,6-22,27,37-38,40H2,1-5H3,(H2,77,79,81)(H2,78,80,82)/t49-,59+,60+,61?,62?,63?,64?,69-,70-,96?/m1/s1. The Balaban J connectivity index is 0.853. The molecular weight excluding hydrogens is 1290 g/mol. The van der Waals surface area contributed by atoms with E-state index in [2.05, 4.69) is 39.2 Å². The maximum absolute atomic E-state index is 16.0. The number of hydrogen-bond donors (Lipinski definition) is 2. The lowest BCUT2D eigenvalue weighted by atomic mass is 9.88. The molecule has 22 nitrogen and oxygen atoms in total. The van der Waals surface area contributed by atoms with E-state index >= 15 is 8.96 Å². The number of nitrogens with zero attached hydrogens (tertiary/aromatic N) is 9. The summed E-state index contributed by atoms with van der Waals surface area (Å²) in [7, 11) is -5.04. The highest BCUT2D eigenvalue weighted by atomic mass is 35.5. The molecule has 0 amide bonds. The molecule has 96 heavy (non-hydrogen) atoms. The molecule has 26 heteroatoms. The average molecular weight is 1380 g/mol. The quantitative estimate of drug-likeness (QED) is 0.0285. The number of aromatic nitrogens is 6. The van der Waals surface area contributed by atoms with Gasteiger partial charge in [0.05, 0.1) is 33.6 Å². The van der Waals surface area contributed by atoms with Crippen LogP contribution in [0.2, 0.25) is 10.0 Å². The van der Waals surface area contributed by atoms with Crippen LogP contribution in [-0.2, 0) is 50.4 Å². The highest BCUT2D eigenvalue weighted by Crippen LogP contribution is 2.57. The number of nitrogens with two attached hydrogens (primary N) is 2. The molecule has 11 rings (SSSR count). The lowest BCUT2D eigenvalue weighted by molar-refractivity contribution is -0.200. The number of phosphoric acid groups is 1. The highest BCUT2D eigenvalue weighted by Gasteiger charge is 2.66. The van der Waals surface area contributed by atoms with Crippen molar-refractivity contribution >= 4 is 53.7 Å². The summed E-state index contributed by atoms with van der Waals surface area (Å²) in [6.07, 6.45) is 16.7. The summed E-state index contributed by atoms with van der Waals surface area (Å²) in [5.74, 6) is -2.83. The van der Waals surface area contributed by atoms with Crippen molar-refractivity contribution in [3.63, 3.8) is 0 Å². The molecule has 3 aromatic carbocycles. The summed E-state index contributed by atoms with van der Waals surface area (Å²) < 4.78 is 99.4. The molecule has 8 heterocycles. The minimum absolute atomic E-state index is 0.0794. The number of hydrogen-bond acceptors (Lipinski definition) is 20. The molecule has 0 radical (unpaired) electrons. The van der Waals surface area contributed by atoms with E-state index in [0.717, 1.165) is 31.7 Å². The number of rotatable bonds is 33. The smallest absolute Gasteiger partial charge is 0.488 e. The van der Waals surface area contributed by atoms with E-state index < -0.39 is 85.8 Å². The van der Waals surface area contributed by atoms with Gasteiger partial charge in [-0.1, -0.05) is 157 Å². The fourth-order valence-corrected chi connectivity index (χ4v) is 15.4. The summed E-state index contributed by atoms with van der Waals surface area (Å²) >= 11 is 14.7. The lowest BCUT2D eigenvalue weighted by Gasteiger charge is -2.30. The van der Waals surface area contributed by atoms with Crippen LogP contribution >= 0.6 is 31.0 Å². The first-order chi connectivity index (χ1) is 46.2. The Morgan fingerprint density at radius 3 is 1.49 bits per heavy atom. The number of unbranched alkanes of at least 4 members (excludes halogenated alkanes) is 16. The number of phosphoric ester groups is 1. The van der Waals surface area contributed by atoms with Gasteiger partial charge in [-0.05, 0) is 100 Å². The molecule has 4 saturated heterocycles. The first-order valence-corrected chi connectivity index (χ1v) is 35.5. The Morgan fingerprint density at radius 1 is 0.615 bits per heavy atom. The lowest BCUT2D eigenvalue weighted by Crippen LogP contribution is -2.44.